The first-order valence-corrected chi connectivity index (χ1v) is 5.62. The van der Waals surface area contributed by atoms with E-state index in [-0.39, 0.29) is 28.5 Å². The lowest BCUT2D eigenvalue weighted by molar-refractivity contribution is 0.478. The molecule has 0 fully saturated rings. The number of benzene rings is 1. The molecule has 0 bridgehead atoms. The molecule has 6 nitrogen and oxygen atoms in total. The van der Waals surface area contributed by atoms with Gasteiger partial charge in [-0.2, -0.15) is 0 Å². The number of para-hydroxylation sites is 1. The van der Waals surface area contributed by atoms with Gasteiger partial charge in [0.25, 0.3) is 5.56 Å². The average Bonchev–Trinajstić information content (AvgIpc) is 2.83. The fourth-order valence-corrected chi connectivity index (χ4v) is 2.12. The van der Waals surface area contributed by atoms with Gasteiger partial charge in [0.2, 0.25) is 5.96 Å². The topological polar surface area (TPSA) is 90.8 Å². The zero-order valence-electron chi connectivity index (χ0n) is 10.1. The van der Waals surface area contributed by atoms with Gasteiger partial charge in [0.1, 0.15) is 17.0 Å². The number of hydrogen-bond acceptors (Lipinski definition) is 3. The summed E-state index contributed by atoms with van der Waals surface area (Å²) in [7, 11) is 1.63. The lowest BCUT2D eigenvalue weighted by atomic mass is 10.1. The van der Waals surface area contributed by atoms with Crippen molar-refractivity contribution < 1.29 is 5.11 Å². The molecule has 0 saturated carbocycles. The molecule has 3 rings (SSSR count). The highest BCUT2D eigenvalue weighted by atomic mass is 16.3. The molecular formula is C13H10N4O2. The molecule has 0 amide bonds. The van der Waals surface area contributed by atoms with Crippen LogP contribution in [0, 0.1) is 5.41 Å². The SMILES string of the molecule is Cn1c(=O)c(C2=NC(=N)N=C2)c(O)c2ccccc21. The van der Waals surface area contributed by atoms with Gasteiger partial charge in [-0.05, 0) is 12.1 Å². The van der Waals surface area contributed by atoms with E-state index in [1.807, 2.05) is 0 Å². The molecule has 0 unspecified atom stereocenters. The smallest absolute Gasteiger partial charge is 0.264 e. The van der Waals surface area contributed by atoms with E-state index >= 15 is 0 Å². The van der Waals surface area contributed by atoms with Crippen LogP contribution >= 0.6 is 0 Å². The molecule has 0 radical (unpaired) electrons. The number of guanidine groups is 1. The highest BCUT2D eigenvalue weighted by Gasteiger charge is 2.20. The summed E-state index contributed by atoms with van der Waals surface area (Å²) >= 11 is 0. The molecule has 0 spiro atoms. The minimum absolute atomic E-state index is 0.0761. The Balaban J connectivity index is 2.44. The summed E-state index contributed by atoms with van der Waals surface area (Å²) < 4.78 is 1.45. The zero-order chi connectivity index (χ0) is 13.6. The van der Waals surface area contributed by atoms with Crippen LogP contribution in [0.25, 0.3) is 10.9 Å². The van der Waals surface area contributed by atoms with E-state index in [1.54, 1.807) is 31.3 Å². The standard InChI is InChI=1S/C13H10N4O2/c1-17-9-5-3-2-4-7(9)11(18)10(12(17)19)8-6-15-13(14)16-8/h2-6,14,18H,1H3. The Morgan fingerprint density at radius 3 is 2.74 bits per heavy atom. The number of nitrogens with one attached hydrogen (secondary N) is 1. The van der Waals surface area contributed by atoms with Crippen LogP contribution in [0.5, 0.6) is 5.75 Å². The quantitative estimate of drug-likeness (QED) is 0.796. The van der Waals surface area contributed by atoms with Crippen molar-refractivity contribution in [3.8, 4) is 5.75 Å². The van der Waals surface area contributed by atoms with Crippen molar-refractivity contribution in [1.29, 1.82) is 5.41 Å². The minimum atomic E-state index is -0.365. The predicted octanol–water partition coefficient (Wildman–Crippen LogP) is 1.05. The Hall–Kier alpha value is -2.76. The number of rotatable bonds is 1. The van der Waals surface area contributed by atoms with Gasteiger partial charge < -0.3 is 9.67 Å². The van der Waals surface area contributed by atoms with Crippen LogP contribution < -0.4 is 5.56 Å². The third kappa shape index (κ3) is 1.57. The normalized spacial score (nSPS) is 14.2. The predicted molar refractivity (Wildman–Crippen MR) is 73.6 cm³/mol. The molecule has 0 atom stereocenters. The van der Waals surface area contributed by atoms with Gasteiger partial charge in [0.05, 0.1) is 11.7 Å². The summed E-state index contributed by atoms with van der Waals surface area (Å²) in [6.45, 7) is 0. The molecule has 2 N–H and O–H groups in total. The van der Waals surface area contributed by atoms with Crippen molar-refractivity contribution in [3.63, 3.8) is 0 Å². The van der Waals surface area contributed by atoms with Gasteiger partial charge in [-0.1, -0.05) is 12.1 Å². The van der Waals surface area contributed by atoms with Crippen LogP contribution in [0.2, 0.25) is 0 Å². The molecule has 1 aromatic carbocycles. The molecule has 0 aliphatic carbocycles. The number of pyridine rings is 1. The maximum atomic E-state index is 12.3. The van der Waals surface area contributed by atoms with E-state index in [2.05, 4.69) is 9.98 Å². The molecule has 19 heavy (non-hydrogen) atoms. The molecule has 2 aromatic rings. The van der Waals surface area contributed by atoms with Gasteiger partial charge in [-0.3, -0.25) is 10.2 Å². The number of aryl methyl sites for hydroxylation is 1. The Bertz CT molecular complexity index is 830. The lowest BCUT2D eigenvalue weighted by Crippen LogP contribution is -2.25. The molecule has 1 aliphatic rings. The van der Waals surface area contributed by atoms with E-state index < -0.39 is 0 Å². The van der Waals surface area contributed by atoms with Gasteiger partial charge in [0, 0.05) is 12.4 Å². The molecule has 6 heteroatoms. The van der Waals surface area contributed by atoms with Crippen LogP contribution in [-0.4, -0.2) is 27.6 Å². The average molecular weight is 254 g/mol. The second kappa shape index (κ2) is 3.88. The Labute approximate surface area is 107 Å². The van der Waals surface area contributed by atoms with Gasteiger partial charge in [0.15, 0.2) is 0 Å². The third-order valence-corrected chi connectivity index (χ3v) is 3.07. The molecule has 2 heterocycles. The fraction of sp³-hybridized carbons (Fsp3) is 0.0769. The highest BCUT2D eigenvalue weighted by Crippen LogP contribution is 2.26. The van der Waals surface area contributed by atoms with Gasteiger partial charge in [-0.15, -0.1) is 0 Å². The Morgan fingerprint density at radius 2 is 2.05 bits per heavy atom. The van der Waals surface area contributed by atoms with Crippen LogP contribution in [0.3, 0.4) is 0 Å². The van der Waals surface area contributed by atoms with E-state index in [4.69, 9.17) is 5.41 Å². The van der Waals surface area contributed by atoms with E-state index in [1.165, 1.54) is 10.8 Å². The molecule has 94 valence electrons. The molecular weight excluding hydrogens is 244 g/mol. The highest BCUT2D eigenvalue weighted by molar-refractivity contribution is 6.44. The van der Waals surface area contributed by atoms with Crippen LogP contribution in [0.4, 0.5) is 0 Å². The Kier molecular flexibility index (Phi) is 2.31. The molecule has 0 saturated heterocycles. The van der Waals surface area contributed by atoms with Crippen molar-refractivity contribution in [3.05, 3.63) is 40.2 Å². The lowest BCUT2D eigenvalue weighted by Gasteiger charge is -2.10. The van der Waals surface area contributed by atoms with Crippen molar-refractivity contribution in [2.24, 2.45) is 17.0 Å². The first kappa shape index (κ1) is 11.3. The summed E-state index contributed by atoms with van der Waals surface area (Å²) in [6, 6.07) is 7.06. The van der Waals surface area contributed by atoms with E-state index in [0.29, 0.717) is 10.9 Å². The van der Waals surface area contributed by atoms with Gasteiger partial charge >= 0.3 is 0 Å². The maximum Gasteiger partial charge on any atom is 0.264 e. The summed E-state index contributed by atoms with van der Waals surface area (Å²) in [5.74, 6) is -0.303. The second-order valence-corrected chi connectivity index (χ2v) is 4.18. The minimum Gasteiger partial charge on any atom is -0.506 e. The number of aromatic hydroxyl groups is 1. The van der Waals surface area contributed by atoms with Crippen molar-refractivity contribution in [1.82, 2.24) is 4.57 Å². The maximum absolute atomic E-state index is 12.3. The summed E-state index contributed by atoms with van der Waals surface area (Å²) in [4.78, 5) is 19.8. The molecule has 1 aliphatic heterocycles. The number of fused-ring (bicyclic) bond motifs is 1. The van der Waals surface area contributed by atoms with Crippen molar-refractivity contribution >= 4 is 28.8 Å². The number of nitrogens with zero attached hydrogens (tertiary/aromatic N) is 3. The Morgan fingerprint density at radius 1 is 1.32 bits per heavy atom. The largest absolute Gasteiger partial charge is 0.506 e. The van der Waals surface area contributed by atoms with Gasteiger partial charge in [-0.25, -0.2) is 9.98 Å². The monoisotopic (exact) mass is 254 g/mol. The van der Waals surface area contributed by atoms with E-state index in [0.717, 1.165) is 0 Å². The van der Waals surface area contributed by atoms with Crippen LogP contribution in [-0.2, 0) is 7.05 Å². The van der Waals surface area contributed by atoms with E-state index in [9.17, 15) is 9.90 Å². The van der Waals surface area contributed by atoms with Crippen molar-refractivity contribution in [2.75, 3.05) is 0 Å². The fourth-order valence-electron chi connectivity index (χ4n) is 2.12. The number of aromatic nitrogens is 1. The van der Waals surface area contributed by atoms with Crippen molar-refractivity contribution in [2.45, 2.75) is 0 Å². The third-order valence-electron chi connectivity index (χ3n) is 3.07. The first-order chi connectivity index (χ1) is 9.09. The van der Waals surface area contributed by atoms with Crippen LogP contribution in [0.15, 0.2) is 39.0 Å². The number of aliphatic imine (C=N–C) groups is 2. The van der Waals surface area contributed by atoms with Crippen LogP contribution in [0.1, 0.15) is 5.56 Å². The zero-order valence-corrected chi connectivity index (χ0v) is 10.1. The summed E-state index contributed by atoms with van der Waals surface area (Å²) in [5.41, 5.74) is 0.566. The number of hydrogen-bond donors (Lipinski definition) is 2. The molecule has 1 aromatic heterocycles. The first-order valence-electron chi connectivity index (χ1n) is 5.62. The second-order valence-electron chi connectivity index (χ2n) is 4.18. The summed E-state index contributed by atoms with van der Waals surface area (Å²) in [5, 5.41) is 18.1. The summed E-state index contributed by atoms with van der Waals surface area (Å²) in [6.07, 6.45) is 1.31.